The van der Waals surface area contributed by atoms with Crippen molar-refractivity contribution in [2.24, 2.45) is 5.92 Å². The number of carbonyl (C=O) groups excluding carboxylic acids is 2. The van der Waals surface area contributed by atoms with Gasteiger partial charge in [-0.3, -0.25) is 4.79 Å². The van der Waals surface area contributed by atoms with Crippen LogP contribution >= 0.6 is 15.9 Å². The van der Waals surface area contributed by atoms with Gasteiger partial charge in [-0.05, 0) is 55.7 Å². The van der Waals surface area contributed by atoms with Crippen LogP contribution < -0.4 is 4.74 Å². The summed E-state index contributed by atoms with van der Waals surface area (Å²) in [5.74, 6) is 0.140. The SMILES string of the molecule is Cc1cccc(OC2=COC3CC(OC(=O)c4cccc(Br)c4)CCC3C2=O)c1. The molecular formula is C23H21BrO5. The highest BCUT2D eigenvalue weighted by Gasteiger charge is 2.42. The van der Waals surface area contributed by atoms with Gasteiger partial charge in [-0.2, -0.15) is 0 Å². The summed E-state index contributed by atoms with van der Waals surface area (Å²) in [5, 5.41) is 0. The minimum absolute atomic E-state index is 0.0560. The molecule has 1 fully saturated rings. The average molecular weight is 457 g/mol. The van der Waals surface area contributed by atoms with Gasteiger partial charge in [0.15, 0.2) is 0 Å². The Balaban J connectivity index is 1.39. The fourth-order valence-electron chi connectivity index (χ4n) is 3.75. The second kappa shape index (κ2) is 8.41. The standard InChI is InChI=1S/C23H21BrO5/c1-14-4-2-7-17(10-14)28-21-13-27-20-12-18(8-9-19(20)22(21)25)29-23(26)15-5-3-6-16(24)11-15/h2-7,10-11,13,18-20H,8-9,12H2,1H3. The van der Waals surface area contributed by atoms with E-state index in [9.17, 15) is 9.59 Å². The molecule has 2 aromatic rings. The van der Waals surface area contributed by atoms with Gasteiger partial charge in [-0.15, -0.1) is 0 Å². The Labute approximate surface area is 177 Å². The van der Waals surface area contributed by atoms with E-state index in [0.29, 0.717) is 30.6 Å². The molecule has 0 aromatic heterocycles. The lowest BCUT2D eigenvalue weighted by Gasteiger charge is -2.36. The third-order valence-electron chi connectivity index (χ3n) is 5.22. The molecule has 4 rings (SSSR count). The Morgan fingerprint density at radius 2 is 1.97 bits per heavy atom. The fraction of sp³-hybridized carbons (Fsp3) is 0.304. The molecule has 3 unspecified atom stereocenters. The molecule has 150 valence electrons. The number of halogens is 1. The molecule has 5 nitrogen and oxygen atoms in total. The Hall–Kier alpha value is -2.60. The first-order valence-electron chi connectivity index (χ1n) is 9.60. The second-order valence-electron chi connectivity index (χ2n) is 7.40. The highest BCUT2D eigenvalue weighted by atomic mass is 79.9. The van der Waals surface area contributed by atoms with Crippen molar-refractivity contribution in [2.75, 3.05) is 0 Å². The number of esters is 1. The van der Waals surface area contributed by atoms with E-state index >= 15 is 0 Å². The van der Waals surface area contributed by atoms with Gasteiger partial charge >= 0.3 is 5.97 Å². The predicted octanol–water partition coefficient (Wildman–Crippen LogP) is 4.97. The monoisotopic (exact) mass is 456 g/mol. The van der Waals surface area contributed by atoms with Crippen LogP contribution in [0.15, 0.2) is 65.0 Å². The molecule has 29 heavy (non-hydrogen) atoms. The summed E-state index contributed by atoms with van der Waals surface area (Å²) >= 11 is 3.36. The molecule has 0 radical (unpaired) electrons. The number of fused-ring (bicyclic) bond motifs is 1. The van der Waals surface area contributed by atoms with Crippen LogP contribution in [0.25, 0.3) is 0 Å². The summed E-state index contributed by atoms with van der Waals surface area (Å²) < 4.78 is 18.0. The summed E-state index contributed by atoms with van der Waals surface area (Å²) in [6, 6.07) is 14.6. The van der Waals surface area contributed by atoms with E-state index < -0.39 is 0 Å². The van der Waals surface area contributed by atoms with Crippen molar-refractivity contribution >= 4 is 27.7 Å². The van der Waals surface area contributed by atoms with Crippen LogP contribution in [-0.4, -0.2) is 24.0 Å². The van der Waals surface area contributed by atoms with Gasteiger partial charge in [-0.1, -0.05) is 34.1 Å². The van der Waals surface area contributed by atoms with E-state index in [1.807, 2.05) is 37.3 Å². The van der Waals surface area contributed by atoms with Gasteiger partial charge in [0.2, 0.25) is 11.5 Å². The smallest absolute Gasteiger partial charge is 0.338 e. The summed E-state index contributed by atoms with van der Waals surface area (Å²) in [6.45, 7) is 1.97. The summed E-state index contributed by atoms with van der Waals surface area (Å²) in [6.07, 6.45) is 2.52. The number of aryl methyl sites for hydroxylation is 1. The van der Waals surface area contributed by atoms with E-state index in [1.54, 1.807) is 18.2 Å². The molecule has 6 heteroatoms. The number of allylic oxidation sites excluding steroid dienone is 1. The Morgan fingerprint density at radius 1 is 1.14 bits per heavy atom. The number of carbonyl (C=O) groups is 2. The molecular weight excluding hydrogens is 436 g/mol. The fourth-order valence-corrected chi connectivity index (χ4v) is 4.15. The molecule has 0 bridgehead atoms. The van der Waals surface area contributed by atoms with Crippen LogP contribution in [0, 0.1) is 12.8 Å². The van der Waals surface area contributed by atoms with Crippen LogP contribution in [0.4, 0.5) is 0 Å². The quantitative estimate of drug-likeness (QED) is 0.607. The lowest BCUT2D eigenvalue weighted by atomic mass is 9.80. The zero-order valence-electron chi connectivity index (χ0n) is 16.0. The van der Waals surface area contributed by atoms with E-state index in [4.69, 9.17) is 14.2 Å². The van der Waals surface area contributed by atoms with Gasteiger partial charge in [-0.25, -0.2) is 4.79 Å². The van der Waals surface area contributed by atoms with Crippen molar-refractivity contribution in [1.82, 2.24) is 0 Å². The lowest BCUT2D eigenvalue weighted by molar-refractivity contribution is -0.132. The molecule has 0 amide bonds. The van der Waals surface area contributed by atoms with Gasteiger partial charge < -0.3 is 14.2 Å². The zero-order chi connectivity index (χ0) is 20.4. The molecule has 3 atom stereocenters. The van der Waals surface area contributed by atoms with E-state index in [2.05, 4.69) is 15.9 Å². The average Bonchev–Trinajstić information content (AvgIpc) is 2.70. The van der Waals surface area contributed by atoms with Crippen LogP contribution in [0.1, 0.15) is 35.2 Å². The van der Waals surface area contributed by atoms with Crippen LogP contribution in [0.3, 0.4) is 0 Å². The first-order valence-corrected chi connectivity index (χ1v) is 10.4. The first kappa shape index (κ1) is 19.7. The maximum absolute atomic E-state index is 12.9. The molecule has 1 heterocycles. The minimum atomic E-state index is -0.365. The van der Waals surface area contributed by atoms with E-state index in [1.165, 1.54) is 6.26 Å². The van der Waals surface area contributed by atoms with Crippen molar-refractivity contribution < 1.29 is 23.8 Å². The molecule has 0 spiro atoms. The Kier molecular flexibility index (Phi) is 5.72. The minimum Gasteiger partial charge on any atom is -0.493 e. The third-order valence-corrected chi connectivity index (χ3v) is 5.72. The number of hydrogen-bond acceptors (Lipinski definition) is 5. The third kappa shape index (κ3) is 4.53. The number of hydrogen-bond donors (Lipinski definition) is 0. The molecule has 0 saturated heterocycles. The molecule has 1 aliphatic carbocycles. The van der Waals surface area contributed by atoms with Gasteiger partial charge in [0.1, 0.15) is 24.2 Å². The first-order chi connectivity index (χ1) is 14.0. The summed E-state index contributed by atoms with van der Waals surface area (Å²) in [5.41, 5.74) is 1.55. The number of ether oxygens (including phenoxy) is 3. The number of rotatable bonds is 4. The lowest BCUT2D eigenvalue weighted by Crippen LogP contribution is -2.43. The normalized spacial score (nSPS) is 23.4. The van der Waals surface area contributed by atoms with Crippen LogP contribution in [-0.2, 0) is 14.3 Å². The van der Waals surface area contributed by atoms with Crippen molar-refractivity contribution in [3.63, 3.8) is 0 Å². The van der Waals surface area contributed by atoms with Gasteiger partial charge in [0, 0.05) is 10.9 Å². The van der Waals surface area contributed by atoms with Crippen molar-refractivity contribution in [3.8, 4) is 5.75 Å². The van der Waals surface area contributed by atoms with Crippen molar-refractivity contribution in [3.05, 3.63) is 76.2 Å². The molecule has 1 saturated carbocycles. The van der Waals surface area contributed by atoms with E-state index in [-0.39, 0.29) is 35.6 Å². The molecule has 0 N–H and O–H groups in total. The number of Topliss-reactive ketones (excluding diaryl/α,β-unsaturated/α-hetero) is 1. The van der Waals surface area contributed by atoms with Gasteiger partial charge in [0.05, 0.1) is 11.5 Å². The van der Waals surface area contributed by atoms with Crippen LogP contribution in [0.2, 0.25) is 0 Å². The second-order valence-corrected chi connectivity index (χ2v) is 8.31. The maximum Gasteiger partial charge on any atom is 0.338 e. The highest BCUT2D eigenvalue weighted by Crippen LogP contribution is 2.35. The van der Waals surface area contributed by atoms with Gasteiger partial charge in [0.25, 0.3) is 0 Å². The Bertz CT molecular complexity index is 967. The highest BCUT2D eigenvalue weighted by molar-refractivity contribution is 9.10. The molecule has 2 aliphatic rings. The molecule has 1 aliphatic heterocycles. The van der Waals surface area contributed by atoms with Crippen molar-refractivity contribution in [1.29, 1.82) is 0 Å². The number of ketones is 1. The topological polar surface area (TPSA) is 61.8 Å². The zero-order valence-corrected chi connectivity index (χ0v) is 17.6. The summed E-state index contributed by atoms with van der Waals surface area (Å²) in [4.78, 5) is 25.2. The van der Waals surface area contributed by atoms with Crippen molar-refractivity contribution in [2.45, 2.75) is 38.4 Å². The Morgan fingerprint density at radius 3 is 2.76 bits per heavy atom. The largest absolute Gasteiger partial charge is 0.493 e. The van der Waals surface area contributed by atoms with Crippen LogP contribution in [0.5, 0.6) is 5.75 Å². The van der Waals surface area contributed by atoms with E-state index in [0.717, 1.165) is 10.0 Å². The maximum atomic E-state index is 12.9. The predicted molar refractivity (Wildman–Crippen MR) is 110 cm³/mol. The number of benzene rings is 2. The molecule has 2 aromatic carbocycles. The summed E-state index contributed by atoms with van der Waals surface area (Å²) in [7, 11) is 0.